The summed E-state index contributed by atoms with van der Waals surface area (Å²) in [5, 5.41) is 8.91. The van der Waals surface area contributed by atoms with E-state index in [9.17, 15) is 14.4 Å². The van der Waals surface area contributed by atoms with Crippen molar-refractivity contribution in [1.29, 1.82) is 0 Å². The first-order valence-corrected chi connectivity index (χ1v) is 7.96. The summed E-state index contributed by atoms with van der Waals surface area (Å²) < 4.78 is 5.34. The number of Topliss-reactive ketones (excluding diaryl/α,β-unsaturated/α-hetero) is 1. The quantitative estimate of drug-likeness (QED) is 0.643. The van der Waals surface area contributed by atoms with E-state index in [1.165, 1.54) is 4.90 Å². The van der Waals surface area contributed by atoms with Gasteiger partial charge in [-0.15, -0.1) is 0 Å². The van der Waals surface area contributed by atoms with Crippen LogP contribution in [0.5, 0.6) is 5.75 Å². The van der Waals surface area contributed by atoms with Crippen LogP contribution in [0.2, 0.25) is 0 Å². The SMILES string of the molecule is O=C(O)C(=O)C1Oc2ccccc2N(CCCc2ccccc2)C1=O. The number of nitrogens with zero attached hydrogens (tertiary/aromatic N) is 1. The maximum atomic E-state index is 12.6. The van der Waals surface area contributed by atoms with Crippen LogP contribution < -0.4 is 9.64 Å². The van der Waals surface area contributed by atoms with Crippen molar-refractivity contribution in [3.05, 3.63) is 60.2 Å². The van der Waals surface area contributed by atoms with Crippen LogP contribution in [-0.2, 0) is 20.8 Å². The van der Waals surface area contributed by atoms with Crippen LogP contribution in [0.3, 0.4) is 0 Å². The molecule has 3 rings (SSSR count). The molecule has 0 aromatic heterocycles. The van der Waals surface area contributed by atoms with Crippen molar-refractivity contribution < 1.29 is 24.2 Å². The van der Waals surface area contributed by atoms with Crippen LogP contribution in [0.15, 0.2) is 54.6 Å². The van der Waals surface area contributed by atoms with E-state index in [0.29, 0.717) is 24.4 Å². The van der Waals surface area contributed by atoms with Crippen LogP contribution in [0.4, 0.5) is 5.69 Å². The van der Waals surface area contributed by atoms with Gasteiger partial charge in [0.15, 0.2) is 0 Å². The van der Waals surface area contributed by atoms with E-state index in [-0.39, 0.29) is 0 Å². The van der Waals surface area contributed by atoms with Crippen molar-refractivity contribution in [3.63, 3.8) is 0 Å². The molecule has 6 nitrogen and oxygen atoms in total. The predicted molar refractivity (Wildman–Crippen MR) is 90.6 cm³/mol. The smallest absolute Gasteiger partial charge is 0.376 e. The van der Waals surface area contributed by atoms with Gasteiger partial charge in [-0.05, 0) is 30.5 Å². The highest BCUT2D eigenvalue weighted by Crippen LogP contribution is 2.34. The van der Waals surface area contributed by atoms with E-state index in [0.717, 1.165) is 12.0 Å². The maximum absolute atomic E-state index is 12.6. The molecule has 0 spiro atoms. The third-order valence-electron chi connectivity index (χ3n) is 4.03. The molecular formula is C19H17NO5. The fraction of sp³-hybridized carbons (Fsp3) is 0.211. The van der Waals surface area contributed by atoms with Gasteiger partial charge in [-0.3, -0.25) is 9.59 Å². The van der Waals surface area contributed by atoms with Gasteiger partial charge in [0.1, 0.15) is 5.75 Å². The monoisotopic (exact) mass is 339 g/mol. The van der Waals surface area contributed by atoms with Gasteiger partial charge < -0.3 is 14.7 Å². The van der Waals surface area contributed by atoms with E-state index in [2.05, 4.69) is 0 Å². The Kier molecular flexibility index (Phi) is 4.79. The van der Waals surface area contributed by atoms with Crippen LogP contribution in [0.25, 0.3) is 0 Å². The van der Waals surface area contributed by atoms with Crippen LogP contribution in [-0.4, -0.2) is 35.4 Å². The Labute approximate surface area is 144 Å². The molecule has 0 saturated carbocycles. The zero-order chi connectivity index (χ0) is 17.8. The van der Waals surface area contributed by atoms with E-state index in [4.69, 9.17) is 9.84 Å². The van der Waals surface area contributed by atoms with Gasteiger partial charge in [0, 0.05) is 6.54 Å². The number of hydrogen-bond acceptors (Lipinski definition) is 4. The summed E-state index contributed by atoms with van der Waals surface area (Å²) in [4.78, 5) is 36.8. The first-order chi connectivity index (χ1) is 12.1. The number of para-hydroxylation sites is 2. The number of rotatable bonds is 6. The van der Waals surface area contributed by atoms with Crippen molar-refractivity contribution in [3.8, 4) is 5.75 Å². The van der Waals surface area contributed by atoms with Gasteiger partial charge in [0.2, 0.25) is 6.10 Å². The summed E-state index contributed by atoms with van der Waals surface area (Å²) in [6, 6.07) is 16.7. The van der Waals surface area contributed by atoms with Crippen molar-refractivity contribution in [2.75, 3.05) is 11.4 Å². The average molecular weight is 339 g/mol. The minimum absolute atomic E-state index is 0.335. The lowest BCUT2D eigenvalue weighted by atomic mass is 10.1. The Morgan fingerprint density at radius 2 is 1.72 bits per heavy atom. The Hall–Kier alpha value is -3.15. The number of carbonyl (C=O) groups is 3. The number of carboxylic acid groups (broad SMARTS) is 1. The van der Waals surface area contributed by atoms with Crippen molar-refractivity contribution in [2.24, 2.45) is 0 Å². The lowest BCUT2D eigenvalue weighted by molar-refractivity contribution is -0.155. The molecule has 1 aliphatic heterocycles. The second kappa shape index (κ2) is 7.17. The third-order valence-corrected chi connectivity index (χ3v) is 4.03. The number of anilines is 1. The van der Waals surface area contributed by atoms with Crippen molar-refractivity contribution in [2.45, 2.75) is 18.9 Å². The Balaban J connectivity index is 1.79. The minimum Gasteiger partial charge on any atom is -0.475 e. The average Bonchev–Trinajstić information content (AvgIpc) is 2.63. The highest BCUT2D eigenvalue weighted by molar-refractivity contribution is 6.40. The van der Waals surface area contributed by atoms with E-state index < -0.39 is 23.8 Å². The molecule has 0 saturated heterocycles. The molecule has 1 unspecified atom stereocenters. The Bertz CT molecular complexity index is 802. The standard InChI is InChI=1S/C19H17NO5/c21-16(19(23)24)17-18(22)20(14-10-4-5-11-15(14)25-17)12-6-9-13-7-2-1-3-8-13/h1-5,7-8,10-11,17H,6,9,12H2,(H,23,24). The lowest BCUT2D eigenvalue weighted by Crippen LogP contribution is -2.52. The van der Waals surface area contributed by atoms with E-state index in [1.807, 2.05) is 30.3 Å². The maximum Gasteiger partial charge on any atom is 0.376 e. The Morgan fingerprint density at radius 3 is 2.44 bits per heavy atom. The molecular weight excluding hydrogens is 322 g/mol. The molecule has 1 N–H and O–H groups in total. The number of fused-ring (bicyclic) bond motifs is 1. The van der Waals surface area contributed by atoms with Crippen LogP contribution in [0, 0.1) is 0 Å². The van der Waals surface area contributed by atoms with Gasteiger partial charge in [-0.25, -0.2) is 4.79 Å². The van der Waals surface area contributed by atoms with Gasteiger partial charge >= 0.3 is 5.97 Å². The van der Waals surface area contributed by atoms with Gasteiger partial charge in [0.25, 0.3) is 11.7 Å². The largest absolute Gasteiger partial charge is 0.475 e. The lowest BCUT2D eigenvalue weighted by Gasteiger charge is -2.33. The number of aryl methyl sites for hydroxylation is 1. The van der Waals surface area contributed by atoms with Gasteiger partial charge in [0.05, 0.1) is 5.69 Å². The molecule has 25 heavy (non-hydrogen) atoms. The number of benzene rings is 2. The third kappa shape index (κ3) is 3.52. The molecule has 1 aliphatic rings. The number of carbonyl (C=O) groups excluding carboxylic acids is 2. The molecule has 1 amide bonds. The zero-order valence-electron chi connectivity index (χ0n) is 13.4. The number of amides is 1. The minimum atomic E-state index is -1.68. The summed E-state index contributed by atoms with van der Waals surface area (Å²) in [5.41, 5.74) is 1.70. The van der Waals surface area contributed by atoms with Gasteiger partial charge in [-0.2, -0.15) is 0 Å². The fourth-order valence-corrected chi connectivity index (χ4v) is 2.81. The second-order valence-electron chi connectivity index (χ2n) is 5.71. The van der Waals surface area contributed by atoms with Crippen molar-refractivity contribution >= 4 is 23.3 Å². The number of ether oxygens (including phenoxy) is 1. The van der Waals surface area contributed by atoms with Crippen LogP contribution >= 0.6 is 0 Å². The molecule has 2 aromatic rings. The second-order valence-corrected chi connectivity index (χ2v) is 5.71. The zero-order valence-corrected chi connectivity index (χ0v) is 13.4. The molecule has 2 aromatic carbocycles. The van der Waals surface area contributed by atoms with Crippen molar-refractivity contribution in [1.82, 2.24) is 0 Å². The Morgan fingerprint density at radius 1 is 1.04 bits per heavy atom. The predicted octanol–water partition coefficient (Wildman–Crippen LogP) is 2.07. The highest BCUT2D eigenvalue weighted by Gasteiger charge is 2.41. The summed E-state index contributed by atoms with van der Waals surface area (Å²) >= 11 is 0. The van der Waals surface area contributed by atoms with E-state index >= 15 is 0 Å². The molecule has 0 bridgehead atoms. The molecule has 0 radical (unpaired) electrons. The number of aliphatic carboxylic acids is 1. The molecule has 1 heterocycles. The first-order valence-electron chi connectivity index (χ1n) is 7.96. The fourth-order valence-electron chi connectivity index (χ4n) is 2.81. The molecule has 6 heteroatoms. The normalized spacial score (nSPS) is 16.1. The topological polar surface area (TPSA) is 83.9 Å². The molecule has 0 aliphatic carbocycles. The summed E-state index contributed by atoms with van der Waals surface area (Å²) in [6.07, 6.45) is -0.187. The van der Waals surface area contributed by atoms with Gasteiger partial charge in [-0.1, -0.05) is 42.5 Å². The molecule has 128 valence electrons. The molecule has 0 fully saturated rings. The number of ketones is 1. The van der Waals surface area contributed by atoms with E-state index in [1.54, 1.807) is 24.3 Å². The first kappa shape index (κ1) is 16.7. The highest BCUT2D eigenvalue weighted by atomic mass is 16.5. The summed E-state index contributed by atoms with van der Waals surface area (Å²) in [6.45, 7) is 0.373. The summed E-state index contributed by atoms with van der Waals surface area (Å²) in [7, 11) is 0. The van der Waals surface area contributed by atoms with Crippen LogP contribution in [0.1, 0.15) is 12.0 Å². The number of hydrogen-bond donors (Lipinski definition) is 1. The number of carboxylic acids is 1. The molecule has 1 atom stereocenters. The summed E-state index contributed by atoms with van der Waals surface area (Å²) in [5.74, 6) is -3.24.